The number of aromatic nitrogens is 2. The summed E-state index contributed by atoms with van der Waals surface area (Å²) in [5.41, 5.74) is 0.995. The van der Waals surface area contributed by atoms with Crippen molar-refractivity contribution in [2.75, 3.05) is 14.2 Å². The van der Waals surface area contributed by atoms with E-state index in [0.29, 0.717) is 18.3 Å². The normalized spacial score (nSPS) is 12.6. The number of rotatable bonds is 5. The molecular weight excluding hydrogens is 218 g/mol. The first-order valence-electron chi connectivity index (χ1n) is 5.40. The Kier molecular flexibility index (Phi) is 3.85. The smallest absolute Gasteiger partial charge is 0.260 e. The maximum absolute atomic E-state index is 5.40. The highest BCUT2D eigenvalue weighted by molar-refractivity contribution is 5.21. The monoisotopic (exact) mass is 233 g/mol. The summed E-state index contributed by atoms with van der Waals surface area (Å²) in [7, 11) is 3.46. The van der Waals surface area contributed by atoms with Crippen LogP contribution >= 0.6 is 0 Å². The third kappa shape index (κ3) is 2.69. The number of hydrogen-bond acceptors (Lipinski definition) is 5. The van der Waals surface area contributed by atoms with Crippen LogP contribution in [0.25, 0.3) is 0 Å². The van der Waals surface area contributed by atoms with Crippen molar-refractivity contribution in [1.82, 2.24) is 15.5 Å². The molecule has 5 heteroatoms. The summed E-state index contributed by atoms with van der Waals surface area (Å²) in [5.74, 6) is 1.10. The summed E-state index contributed by atoms with van der Waals surface area (Å²) in [5, 5.41) is 6.84. The van der Waals surface area contributed by atoms with Crippen molar-refractivity contribution in [3.63, 3.8) is 0 Å². The van der Waals surface area contributed by atoms with Gasteiger partial charge in [-0.1, -0.05) is 35.5 Å². The Morgan fingerprint density at radius 3 is 2.76 bits per heavy atom. The molecule has 2 aromatic rings. The second-order valence-corrected chi connectivity index (χ2v) is 3.61. The molecule has 0 aliphatic carbocycles. The van der Waals surface area contributed by atoms with Crippen LogP contribution < -0.4 is 5.32 Å². The lowest BCUT2D eigenvalue weighted by Gasteiger charge is -2.10. The molecule has 0 spiro atoms. The van der Waals surface area contributed by atoms with Gasteiger partial charge in [-0.3, -0.25) is 0 Å². The van der Waals surface area contributed by atoms with E-state index in [-0.39, 0.29) is 6.10 Å². The molecule has 90 valence electrons. The molecule has 5 nitrogen and oxygen atoms in total. The largest absolute Gasteiger partial charge is 0.367 e. The second-order valence-electron chi connectivity index (χ2n) is 3.61. The Morgan fingerprint density at radius 1 is 1.35 bits per heavy atom. The van der Waals surface area contributed by atoms with Crippen molar-refractivity contribution in [2.24, 2.45) is 0 Å². The topological polar surface area (TPSA) is 60.2 Å². The van der Waals surface area contributed by atoms with Crippen molar-refractivity contribution in [3.05, 3.63) is 47.6 Å². The van der Waals surface area contributed by atoms with Gasteiger partial charge in [0.25, 0.3) is 5.89 Å². The molecule has 0 radical (unpaired) electrons. The summed E-state index contributed by atoms with van der Waals surface area (Å²) in [6.45, 7) is 0.578. The number of nitrogens with zero attached hydrogens (tertiary/aromatic N) is 2. The Hall–Kier alpha value is -1.72. The molecule has 0 aliphatic rings. The molecule has 1 aromatic heterocycles. The maximum atomic E-state index is 5.40. The van der Waals surface area contributed by atoms with Crippen LogP contribution in [0.1, 0.15) is 23.4 Å². The van der Waals surface area contributed by atoms with Crippen molar-refractivity contribution in [1.29, 1.82) is 0 Å². The lowest BCUT2D eigenvalue weighted by atomic mass is 10.1. The third-order valence-corrected chi connectivity index (χ3v) is 2.38. The maximum Gasteiger partial charge on any atom is 0.260 e. The van der Waals surface area contributed by atoms with E-state index >= 15 is 0 Å². The predicted molar refractivity (Wildman–Crippen MR) is 62.4 cm³/mol. The molecule has 0 bridgehead atoms. The molecule has 17 heavy (non-hydrogen) atoms. The zero-order chi connectivity index (χ0) is 12.1. The first-order valence-corrected chi connectivity index (χ1v) is 5.40. The summed E-state index contributed by atoms with van der Waals surface area (Å²) >= 11 is 0. The quantitative estimate of drug-likeness (QED) is 0.848. The van der Waals surface area contributed by atoms with E-state index < -0.39 is 0 Å². The minimum absolute atomic E-state index is 0.311. The van der Waals surface area contributed by atoms with Crippen molar-refractivity contribution in [2.45, 2.75) is 12.6 Å². The van der Waals surface area contributed by atoms with E-state index in [1.807, 2.05) is 37.4 Å². The number of hydrogen-bond donors (Lipinski definition) is 1. The zero-order valence-corrected chi connectivity index (χ0v) is 9.88. The van der Waals surface area contributed by atoms with Gasteiger partial charge < -0.3 is 14.6 Å². The number of ether oxygens (including phenoxy) is 1. The fraction of sp³-hybridized carbons (Fsp3) is 0.333. The lowest BCUT2D eigenvalue weighted by Crippen LogP contribution is -2.08. The average Bonchev–Trinajstić information content (AvgIpc) is 2.81. The van der Waals surface area contributed by atoms with E-state index in [1.54, 1.807) is 7.11 Å². The highest BCUT2D eigenvalue weighted by Crippen LogP contribution is 2.23. The Labute approximate surface area is 99.8 Å². The SMILES string of the molecule is CNCc1noc(C(OC)c2ccccc2)n1. The first kappa shape index (κ1) is 11.8. The van der Waals surface area contributed by atoms with Crippen LogP contribution in [0.15, 0.2) is 34.9 Å². The predicted octanol–water partition coefficient (Wildman–Crippen LogP) is 1.52. The van der Waals surface area contributed by atoms with Gasteiger partial charge in [-0.15, -0.1) is 0 Å². The molecular formula is C12H15N3O2. The van der Waals surface area contributed by atoms with Crippen LogP contribution in [0, 0.1) is 0 Å². The Balaban J connectivity index is 2.23. The molecule has 2 rings (SSSR count). The Bertz CT molecular complexity index is 456. The molecule has 1 heterocycles. The van der Waals surface area contributed by atoms with E-state index in [9.17, 15) is 0 Å². The Morgan fingerprint density at radius 2 is 2.12 bits per heavy atom. The fourth-order valence-corrected chi connectivity index (χ4v) is 1.61. The molecule has 0 saturated carbocycles. The minimum atomic E-state index is -0.311. The summed E-state index contributed by atoms with van der Waals surface area (Å²) in [4.78, 5) is 4.28. The molecule has 0 amide bonds. The van der Waals surface area contributed by atoms with Gasteiger partial charge in [-0.05, 0) is 12.6 Å². The molecule has 1 unspecified atom stereocenters. The van der Waals surface area contributed by atoms with E-state index in [4.69, 9.17) is 9.26 Å². The lowest BCUT2D eigenvalue weighted by molar-refractivity contribution is 0.105. The van der Waals surface area contributed by atoms with Crippen molar-refractivity contribution >= 4 is 0 Å². The summed E-state index contributed by atoms with van der Waals surface area (Å²) < 4.78 is 10.6. The van der Waals surface area contributed by atoms with Gasteiger partial charge >= 0.3 is 0 Å². The van der Waals surface area contributed by atoms with Gasteiger partial charge in [-0.2, -0.15) is 4.98 Å². The minimum Gasteiger partial charge on any atom is -0.367 e. The zero-order valence-electron chi connectivity index (χ0n) is 9.88. The molecule has 0 fully saturated rings. The summed E-state index contributed by atoms with van der Waals surface area (Å²) in [6.07, 6.45) is -0.311. The fourth-order valence-electron chi connectivity index (χ4n) is 1.61. The summed E-state index contributed by atoms with van der Waals surface area (Å²) in [6, 6.07) is 9.79. The second kappa shape index (κ2) is 5.56. The van der Waals surface area contributed by atoms with Crippen LogP contribution in [0.5, 0.6) is 0 Å². The molecule has 1 aromatic carbocycles. The van der Waals surface area contributed by atoms with Gasteiger partial charge in [0, 0.05) is 7.11 Å². The van der Waals surface area contributed by atoms with Crippen LogP contribution in [0.4, 0.5) is 0 Å². The van der Waals surface area contributed by atoms with Crippen molar-refractivity contribution < 1.29 is 9.26 Å². The molecule has 0 saturated heterocycles. The van der Waals surface area contributed by atoms with Gasteiger partial charge in [0.15, 0.2) is 11.9 Å². The number of nitrogens with one attached hydrogen (secondary N) is 1. The van der Waals surface area contributed by atoms with E-state index in [2.05, 4.69) is 15.5 Å². The van der Waals surface area contributed by atoms with Crippen LogP contribution in [-0.2, 0) is 11.3 Å². The molecule has 0 aliphatic heterocycles. The van der Waals surface area contributed by atoms with Crippen molar-refractivity contribution in [3.8, 4) is 0 Å². The third-order valence-electron chi connectivity index (χ3n) is 2.38. The molecule has 1 atom stereocenters. The van der Waals surface area contributed by atoms with Crippen LogP contribution in [0.2, 0.25) is 0 Å². The van der Waals surface area contributed by atoms with Gasteiger partial charge in [0.1, 0.15) is 0 Å². The van der Waals surface area contributed by atoms with E-state index in [0.717, 1.165) is 5.56 Å². The van der Waals surface area contributed by atoms with Gasteiger partial charge in [0.2, 0.25) is 0 Å². The average molecular weight is 233 g/mol. The first-order chi connectivity index (χ1) is 8.35. The van der Waals surface area contributed by atoms with Gasteiger partial charge in [-0.25, -0.2) is 0 Å². The van der Waals surface area contributed by atoms with Crippen LogP contribution in [-0.4, -0.2) is 24.3 Å². The standard InChI is InChI=1S/C12H15N3O2/c1-13-8-10-14-12(17-15-10)11(16-2)9-6-4-3-5-7-9/h3-7,11,13H,8H2,1-2H3. The number of benzene rings is 1. The van der Waals surface area contributed by atoms with Gasteiger partial charge in [0.05, 0.1) is 6.54 Å². The van der Waals surface area contributed by atoms with E-state index in [1.165, 1.54) is 0 Å². The highest BCUT2D eigenvalue weighted by atomic mass is 16.5. The van der Waals surface area contributed by atoms with Crippen LogP contribution in [0.3, 0.4) is 0 Å². The molecule has 1 N–H and O–H groups in total. The highest BCUT2D eigenvalue weighted by Gasteiger charge is 2.20. The number of methoxy groups -OCH3 is 1.